The molecule has 0 spiro atoms. The molecule has 2 amide bonds. The van der Waals surface area contributed by atoms with Crippen LogP contribution in [0.3, 0.4) is 0 Å². The second kappa shape index (κ2) is 6.99. The molecule has 0 aromatic heterocycles. The number of carbonyl (C=O) groups is 3. The molecule has 0 aliphatic carbocycles. The van der Waals surface area contributed by atoms with Crippen LogP contribution in [0.4, 0.5) is 4.39 Å². The maximum Gasteiger partial charge on any atom is 0.326 e. The van der Waals surface area contributed by atoms with Crippen molar-refractivity contribution in [1.82, 2.24) is 5.32 Å². The minimum absolute atomic E-state index is 0.164. The number of carboxylic acids is 1. The largest absolute Gasteiger partial charge is 0.480 e. The smallest absolute Gasteiger partial charge is 0.326 e. The number of nitrogens with two attached hydrogens (primary N) is 1. The van der Waals surface area contributed by atoms with E-state index >= 15 is 0 Å². The van der Waals surface area contributed by atoms with Gasteiger partial charge in [0.25, 0.3) is 5.91 Å². The number of hydrogen-bond donors (Lipinski definition) is 3. The first kappa shape index (κ1) is 16.1. The van der Waals surface area contributed by atoms with Gasteiger partial charge in [-0.05, 0) is 34.5 Å². The monoisotopic (exact) mass is 346 g/mol. The lowest BCUT2D eigenvalue weighted by Crippen LogP contribution is -2.41. The number of rotatable bonds is 6. The maximum atomic E-state index is 13.6. The van der Waals surface area contributed by atoms with E-state index < -0.39 is 29.6 Å². The van der Waals surface area contributed by atoms with Gasteiger partial charge in [0.15, 0.2) is 0 Å². The van der Waals surface area contributed by atoms with Crippen molar-refractivity contribution < 1.29 is 23.9 Å². The van der Waals surface area contributed by atoms with Crippen LogP contribution in [0.25, 0.3) is 0 Å². The predicted octanol–water partition coefficient (Wildman–Crippen LogP) is 1.04. The zero-order valence-electron chi connectivity index (χ0n) is 10.2. The highest BCUT2D eigenvalue weighted by Crippen LogP contribution is 2.19. The van der Waals surface area contributed by atoms with Crippen molar-refractivity contribution in [3.63, 3.8) is 0 Å². The van der Waals surface area contributed by atoms with Gasteiger partial charge in [-0.3, -0.25) is 9.59 Å². The van der Waals surface area contributed by atoms with E-state index in [0.717, 1.165) is 6.07 Å². The number of aliphatic carboxylic acids is 1. The second-order valence-corrected chi connectivity index (χ2v) is 4.82. The summed E-state index contributed by atoms with van der Waals surface area (Å²) in [5, 5.41) is 11.1. The highest BCUT2D eigenvalue weighted by atomic mass is 79.9. The zero-order valence-corrected chi connectivity index (χ0v) is 11.8. The molecule has 1 atom stereocenters. The number of benzene rings is 1. The van der Waals surface area contributed by atoms with E-state index in [2.05, 4.69) is 21.2 Å². The lowest BCUT2D eigenvalue weighted by molar-refractivity contribution is -0.139. The Kier molecular flexibility index (Phi) is 5.63. The number of carboxylic acid groups (broad SMARTS) is 1. The van der Waals surface area contributed by atoms with Crippen molar-refractivity contribution in [3.05, 3.63) is 34.1 Å². The van der Waals surface area contributed by atoms with Crippen LogP contribution in [-0.4, -0.2) is 28.9 Å². The predicted molar refractivity (Wildman–Crippen MR) is 71.4 cm³/mol. The molecule has 1 rings (SSSR count). The summed E-state index contributed by atoms with van der Waals surface area (Å²) in [5.74, 6) is -3.67. The lowest BCUT2D eigenvalue weighted by atomic mass is 10.1. The number of nitrogens with one attached hydrogen (secondary N) is 1. The minimum atomic E-state index is -1.33. The first-order valence-electron chi connectivity index (χ1n) is 5.59. The molecular weight excluding hydrogens is 335 g/mol. The number of amides is 2. The van der Waals surface area contributed by atoms with Crippen LogP contribution in [0.1, 0.15) is 23.2 Å². The summed E-state index contributed by atoms with van der Waals surface area (Å²) >= 11 is 3.01. The van der Waals surface area contributed by atoms with Crippen LogP contribution in [-0.2, 0) is 9.59 Å². The summed E-state index contributed by atoms with van der Waals surface area (Å²) in [6.07, 6.45) is -0.363. The summed E-state index contributed by atoms with van der Waals surface area (Å²) in [7, 11) is 0. The molecule has 1 aromatic carbocycles. The minimum Gasteiger partial charge on any atom is -0.480 e. The second-order valence-electron chi connectivity index (χ2n) is 3.97. The van der Waals surface area contributed by atoms with Crippen molar-refractivity contribution in [3.8, 4) is 0 Å². The third kappa shape index (κ3) is 4.30. The third-order valence-corrected chi connectivity index (χ3v) is 3.13. The van der Waals surface area contributed by atoms with Crippen molar-refractivity contribution in [2.45, 2.75) is 18.9 Å². The molecule has 0 aliphatic heterocycles. The normalized spacial score (nSPS) is 11.7. The Morgan fingerprint density at radius 3 is 2.55 bits per heavy atom. The Balaban J connectivity index is 2.86. The highest BCUT2D eigenvalue weighted by molar-refractivity contribution is 9.10. The average Bonchev–Trinajstić information content (AvgIpc) is 2.33. The highest BCUT2D eigenvalue weighted by Gasteiger charge is 2.23. The van der Waals surface area contributed by atoms with Gasteiger partial charge >= 0.3 is 5.97 Å². The average molecular weight is 347 g/mol. The van der Waals surface area contributed by atoms with Gasteiger partial charge in [-0.2, -0.15) is 0 Å². The van der Waals surface area contributed by atoms with Crippen LogP contribution in [0.15, 0.2) is 22.7 Å². The topological polar surface area (TPSA) is 109 Å². The van der Waals surface area contributed by atoms with Gasteiger partial charge in [0.05, 0.1) is 5.56 Å². The van der Waals surface area contributed by atoms with E-state index in [0.29, 0.717) is 0 Å². The Hall–Kier alpha value is -1.96. The molecule has 0 aliphatic rings. The van der Waals surface area contributed by atoms with Crippen LogP contribution < -0.4 is 11.1 Å². The van der Waals surface area contributed by atoms with E-state index in [-0.39, 0.29) is 22.9 Å². The van der Waals surface area contributed by atoms with Gasteiger partial charge in [-0.1, -0.05) is 6.07 Å². The molecule has 0 fully saturated rings. The summed E-state index contributed by atoms with van der Waals surface area (Å²) in [6.45, 7) is 0. The van der Waals surface area contributed by atoms with Crippen molar-refractivity contribution in [2.24, 2.45) is 5.73 Å². The van der Waals surface area contributed by atoms with E-state index in [1.54, 1.807) is 0 Å². The van der Waals surface area contributed by atoms with Crippen LogP contribution in [0.5, 0.6) is 0 Å². The SMILES string of the molecule is NC(=O)CC[C@@H](NC(=O)c1c(F)cccc1Br)C(=O)O. The zero-order chi connectivity index (χ0) is 15.3. The van der Waals surface area contributed by atoms with Gasteiger partial charge in [0, 0.05) is 10.9 Å². The maximum absolute atomic E-state index is 13.6. The van der Waals surface area contributed by atoms with E-state index in [1.807, 2.05) is 0 Å². The van der Waals surface area contributed by atoms with Crippen LogP contribution >= 0.6 is 15.9 Å². The van der Waals surface area contributed by atoms with Crippen LogP contribution in [0, 0.1) is 5.82 Å². The summed E-state index contributed by atoms with van der Waals surface area (Å²) in [4.78, 5) is 33.5. The molecule has 0 radical (unpaired) electrons. The van der Waals surface area contributed by atoms with E-state index in [4.69, 9.17) is 10.8 Å². The first-order valence-corrected chi connectivity index (χ1v) is 6.38. The molecule has 0 saturated heterocycles. The molecule has 0 bridgehead atoms. The molecule has 20 heavy (non-hydrogen) atoms. The standard InChI is InChI=1S/C12H12BrFN2O4/c13-6-2-1-3-7(14)10(6)11(18)16-8(12(19)20)4-5-9(15)17/h1-3,8H,4-5H2,(H2,15,17)(H,16,18)(H,19,20)/t8-/m1/s1. The van der Waals surface area contributed by atoms with Gasteiger partial charge in [0.1, 0.15) is 11.9 Å². The van der Waals surface area contributed by atoms with Gasteiger partial charge < -0.3 is 16.2 Å². The van der Waals surface area contributed by atoms with Crippen molar-refractivity contribution in [1.29, 1.82) is 0 Å². The molecule has 0 heterocycles. The van der Waals surface area contributed by atoms with Crippen molar-refractivity contribution >= 4 is 33.7 Å². The fourth-order valence-electron chi connectivity index (χ4n) is 1.49. The fraction of sp³-hybridized carbons (Fsp3) is 0.250. The Morgan fingerprint density at radius 1 is 1.40 bits per heavy atom. The quantitative estimate of drug-likeness (QED) is 0.714. The molecule has 6 nitrogen and oxygen atoms in total. The number of primary amides is 1. The summed E-state index contributed by atoms with van der Waals surface area (Å²) in [6, 6.07) is 2.62. The molecule has 8 heteroatoms. The van der Waals surface area contributed by atoms with E-state index in [9.17, 15) is 18.8 Å². The molecule has 4 N–H and O–H groups in total. The molecule has 108 valence electrons. The van der Waals surface area contributed by atoms with Gasteiger partial charge in [-0.15, -0.1) is 0 Å². The van der Waals surface area contributed by atoms with E-state index in [1.165, 1.54) is 12.1 Å². The Labute approximate surface area is 122 Å². The number of halogens is 2. The van der Waals surface area contributed by atoms with Gasteiger partial charge in [0.2, 0.25) is 5.91 Å². The summed E-state index contributed by atoms with van der Waals surface area (Å²) in [5.41, 5.74) is 4.63. The third-order valence-electron chi connectivity index (χ3n) is 2.47. The fourth-order valence-corrected chi connectivity index (χ4v) is 2.01. The Bertz CT molecular complexity index is 530. The Morgan fingerprint density at radius 2 is 2.05 bits per heavy atom. The number of hydrogen-bond acceptors (Lipinski definition) is 3. The lowest BCUT2D eigenvalue weighted by Gasteiger charge is -2.14. The van der Waals surface area contributed by atoms with Crippen molar-refractivity contribution in [2.75, 3.05) is 0 Å². The first-order chi connectivity index (χ1) is 9.32. The molecule has 0 unspecified atom stereocenters. The molecule has 1 aromatic rings. The van der Waals surface area contributed by atoms with Crippen LogP contribution in [0.2, 0.25) is 0 Å². The molecule has 0 saturated carbocycles. The summed E-state index contributed by atoms with van der Waals surface area (Å²) < 4.78 is 13.8. The number of carbonyl (C=O) groups excluding carboxylic acids is 2. The molecular formula is C12H12BrFN2O4. The van der Waals surface area contributed by atoms with Gasteiger partial charge in [-0.25, -0.2) is 9.18 Å².